The maximum absolute atomic E-state index is 13.0. The maximum Gasteiger partial charge on any atom is 0.266 e. The monoisotopic (exact) mass is 413 g/mol. The number of sulfonamides is 1. The molecule has 0 fully saturated rings. The highest BCUT2D eigenvalue weighted by Crippen LogP contribution is 2.18. The summed E-state index contributed by atoms with van der Waals surface area (Å²) < 4.78 is 44.1. The van der Waals surface area contributed by atoms with Gasteiger partial charge in [-0.1, -0.05) is 12.1 Å². The van der Waals surface area contributed by atoms with E-state index < -0.39 is 21.7 Å². The number of hydrogen-bond donors (Lipinski definition) is 1. The lowest BCUT2D eigenvalue weighted by Crippen LogP contribution is -2.29. The zero-order valence-corrected chi connectivity index (χ0v) is 14.9. The van der Waals surface area contributed by atoms with Gasteiger partial charge in [-0.05, 0) is 57.9 Å². The Bertz CT molecular complexity index is 897. The molecule has 0 saturated carbocycles. The zero-order valence-electron chi connectivity index (χ0n) is 12.5. The van der Waals surface area contributed by atoms with Crippen molar-refractivity contribution in [2.24, 2.45) is 0 Å². The summed E-state index contributed by atoms with van der Waals surface area (Å²) in [5.74, 6) is -0.829. The number of methoxy groups -OCH3 is 1. The quantitative estimate of drug-likeness (QED) is 0.815. The summed E-state index contributed by atoms with van der Waals surface area (Å²) in [6, 6.07) is 10.1. The number of ether oxygens (including phenoxy) is 1. The van der Waals surface area contributed by atoms with Gasteiger partial charge in [-0.25, -0.2) is 17.5 Å². The molecular weight excluding hydrogens is 401 g/mol. The van der Waals surface area contributed by atoms with Crippen LogP contribution in [0, 0.1) is 5.82 Å². The third-order valence-corrected chi connectivity index (χ3v) is 4.56. The van der Waals surface area contributed by atoms with Gasteiger partial charge < -0.3 is 4.74 Å². The number of carbonyl (C=O) groups excluding carboxylic acids is 1. The first-order chi connectivity index (χ1) is 11.3. The van der Waals surface area contributed by atoms with E-state index in [1.807, 2.05) is 4.72 Å². The number of nitrogens with one attached hydrogen (secondary N) is 1. The lowest BCUT2D eigenvalue weighted by Gasteiger charge is -2.05. The van der Waals surface area contributed by atoms with Crippen LogP contribution in [0.5, 0.6) is 5.75 Å². The summed E-state index contributed by atoms with van der Waals surface area (Å²) in [6.07, 6.45) is 1.33. The predicted octanol–water partition coefficient (Wildman–Crippen LogP) is 3.33. The molecule has 0 aliphatic rings. The van der Waals surface area contributed by atoms with E-state index in [1.165, 1.54) is 19.3 Å². The molecule has 0 radical (unpaired) electrons. The third-order valence-electron chi connectivity index (χ3n) is 2.94. The van der Waals surface area contributed by atoms with Crippen molar-refractivity contribution in [2.75, 3.05) is 7.11 Å². The largest absolute Gasteiger partial charge is 0.497 e. The normalized spacial score (nSPS) is 11.5. The van der Waals surface area contributed by atoms with Gasteiger partial charge in [0.15, 0.2) is 0 Å². The first-order valence-electron chi connectivity index (χ1n) is 6.65. The molecule has 2 aromatic rings. The van der Waals surface area contributed by atoms with E-state index in [2.05, 4.69) is 15.9 Å². The Morgan fingerprint density at radius 3 is 2.67 bits per heavy atom. The molecule has 1 amide bonds. The molecule has 5 nitrogen and oxygen atoms in total. The van der Waals surface area contributed by atoms with E-state index in [9.17, 15) is 17.6 Å². The Morgan fingerprint density at radius 2 is 2.00 bits per heavy atom. The minimum absolute atomic E-state index is 0.00903. The smallest absolute Gasteiger partial charge is 0.266 e. The Morgan fingerprint density at radius 1 is 1.25 bits per heavy atom. The lowest BCUT2D eigenvalue weighted by molar-refractivity contribution is 0.0981. The first kappa shape index (κ1) is 18.2. The number of hydrogen-bond acceptors (Lipinski definition) is 4. The molecule has 0 heterocycles. The summed E-state index contributed by atoms with van der Waals surface area (Å²) in [4.78, 5) is 12.0. The fourth-order valence-electron chi connectivity index (χ4n) is 1.81. The number of benzene rings is 2. The van der Waals surface area contributed by atoms with E-state index in [1.54, 1.807) is 24.3 Å². The Kier molecular flexibility index (Phi) is 5.74. The summed E-state index contributed by atoms with van der Waals surface area (Å²) >= 11 is 3.02. The number of halogens is 2. The van der Waals surface area contributed by atoms with Crippen molar-refractivity contribution in [1.29, 1.82) is 0 Å². The molecular formula is C16H13BrFNO4S. The summed E-state index contributed by atoms with van der Waals surface area (Å²) in [5, 5.41) is 0.872. The van der Waals surface area contributed by atoms with Crippen LogP contribution in [0.25, 0.3) is 6.08 Å². The van der Waals surface area contributed by atoms with Gasteiger partial charge in [0.05, 0.1) is 18.1 Å². The van der Waals surface area contributed by atoms with Crippen molar-refractivity contribution in [2.45, 2.75) is 0 Å². The fraction of sp³-hybridized carbons (Fsp3) is 0.0625. The molecule has 0 unspecified atom stereocenters. The number of amides is 1. The Hall–Kier alpha value is -2.19. The van der Waals surface area contributed by atoms with Crippen LogP contribution in [-0.4, -0.2) is 21.4 Å². The second-order valence-corrected chi connectivity index (χ2v) is 7.10. The van der Waals surface area contributed by atoms with Crippen LogP contribution in [0.2, 0.25) is 0 Å². The molecule has 0 aliphatic carbocycles. The van der Waals surface area contributed by atoms with Crippen LogP contribution in [0.15, 0.2) is 52.3 Å². The topological polar surface area (TPSA) is 72.5 Å². The van der Waals surface area contributed by atoms with Crippen molar-refractivity contribution in [3.8, 4) is 5.75 Å². The van der Waals surface area contributed by atoms with Crippen molar-refractivity contribution in [3.63, 3.8) is 0 Å². The minimum Gasteiger partial charge on any atom is -0.497 e. The fourth-order valence-corrected chi connectivity index (χ4v) is 3.11. The van der Waals surface area contributed by atoms with Crippen LogP contribution >= 0.6 is 15.9 Å². The van der Waals surface area contributed by atoms with E-state index in [0.717, 1.165) is 17.5 Å². The van der Waals surface area contributed by atoms with Gasteiger partial charge in [-0.2, -0.15) is 0 Å². The summed E-state index contributed by atoms with van der Waals surface area (Å²) in [7, 11) is -2.51. The van der Waals surface area contributed by atoms with Gasteiger partial charge in [0.1, 0.15) is 11.6 Å². The Labute approximate surface area is 147 Å². The summed E-state index contributed by atoms with van der Waals surface area (Å²) in [6.45, 7) is 0. The van der Waals surface area contributed by atoms with Gasteiger partial charge in [0, 0.05) is 4.47 Å². The molecule has 8 heteroatoms. The number of carbonyl (C=O) groups is 1. The molecule has 0 bridgehead atoms. The lowest BCUT2D eigenvalue weighted by atomic mass is 10.2. The van der Waals surface area contributed by atoms with Crippen molar-refractivity contribution in [1.82, 2.24) is 4.72 Å². The van der Waals surface area contributed by atoms with Gasteiger partial charge in [0.2, 0.25) is 0 Å². The summed E-state index contributed by atoms with van der Waals surface area (Å²) in [5.41, 5.74) is 0.602. The van der Waals surface area contributed by atoms with Crippen molar-refractivity contribution >= 4 is 37.9 Å². The molecule has 2 aromatic carbocycles. The standard InChI is InChI=1S/C16H13BrFNO4S/c1-23-13-4-2-3-11(9-13)7-8-24(21,22)19-16(20)14-6-5-12(18)10-15(14)17/h2-10H,1H3,(H,19,20)/b8-7+. The number of rotatable bonds is 5. The third kappa shape index (κ3) is 4.90. The molecule has 24 heavy (non-hydrogen) atoms. The average molecular weight is 414 g/mol. The molecule has 0 saturated heterocycles. The molecule has 2 rings (SSSR count). The SMILES string of the molecule is COc1cccc(/C=C/S(=O)(=O)NC(=O)c2ccc(F)cc2Br)c1. The van der Waals surface area contributed by atoms with E-state index in [0.29, 0.717) is 11.3 Å². The van der Waals surface area contributed by atoms with Crippen molar-refractivity contribution < 1.29 is 22.3 Å². The highest BCUT2D eigenvalue weighted by molar-refractivity contribution is 9.10. The average Bonchev–Trinajstić information content (AvgIpc) is 2.52. The van der Waals surface area contributed by atoms with E-state index in [4.69, 9.17) is 4.74 Å². The molecule has 0 spiro atoms. The van der Waals surface area contributed by atoms with Crippen molar-refractivity contribution in [3.05, 3.63) is 69.3 Å². The highest BCUT2D eigenvalue weighted by Gasteiger charge is 2.16. The minimum atomic E-state index is -4.01. The van der Waals surface area contributed by atoms with Crippen LogP contribution in [0.4, 0.5) is 4.39 Å². The molecule has 0 atom stereocenters. The van der Waals surface area contributed by atoms with Gasteiger partial charge in [-0.3, -0.25) is 4.79 Å². The van der Waals surface area contributed by atoms with Gasteiger partial charge >= 0.3 is 0 Å². The second kappa shape index (κ2) is 7.59. The van der Waals surface area contributed by atoms with Gasteiger partial charge in [0.25, 0.3) is 15.9 Å². The van der Waals surface area contributed by atoms with Crippen LogP contribution < -0.4 is 9.46 Å². The van der Waals surface area contributed by atoms with Crippen LogP contribution in [0.3, 0.4) is 0 Å². The Balaban J connectivity index is 2.15. The van der Waals surface area contributed by atoms with E-state index in [-0.39, 0.29) is 10.0 Å². The van der Waals surface area contributed by atoms with Crippen LogP contribution in [-0.2, 0) is 10.0 Å². The van der Waals surface area contributed by atoms with Gasteiger partial charge in [-0.15, -0.1) is 0 Å². The maximum atomic E-state index is 13.0. The van der Waals surface area contributed by atoms with Crippen LogP contribution in [0.1, 0.15) is 15.9 Å². The second-order valence-electron chi connectivity index (χ2n) is 4.68. The van der Waals surface area contributed by atoms with E-state index >= 15 is 0 Å². The molecule has 1 N–H and O–H groups in total. The molecule has 0 aromatic heterocycles. The predicted molar refractivity (Wildman–Crippen MR) is 92.5 cm³/mol. The zero-order chi connectivity index (χ0) is 17.7. The molecule has 0 aliphatic heterocycles. The highest BCUT2D eigenvalue weighted by atomic mass is 79.9. The first-order valence-corrected chi connectivity index (χ1v) is 8.99. The molecule has 126 valence electrons.